The van der Waals surface area contributed by atoms with Gasteiger partial charge in [-0.05, 0) is 18.6 Å². The van der Waals surface area contributed by atoms with Gasteiger partial charge < -0.3 is 9.64 Å². The molecular formula is C17H18N2O5S. The highest BCUT2D eigenvalue weighted by molar-refractivity contribution is 7.91. The van der Waals surface area contributed by atoms with Crippen molar-refractivity contribution in [1.82, 2.24) is 9.88 Å². The Kier molecular flexibility index (Phi) is 4.71. The largest absolute Gasteiger partial charge is 0.451 e. The van der Waals surface area contributed by atoms with Crippen molar-refractivity contribution >= 4 is 32.6 Å². The summed E-state index contributed by atoms with van der Waals surface area (Å²) in [6.45, 7) is -0.444. The molecule has 8 heteroatoms. The van der Waals surface area contributed by atoms with Gasteiger partial charge in [-0.25, -0.2) is 18.2 Å². The molecule has 3 rings (SSSR count). The van der Waals surface area contributed by atoms with Crippen LogP contribution in [0.1, 0.15) is 16.9 Å². The number of rotatable bonds is 4. The number of amides is 1. The van der Waals surface area contributed by atoms with E-state index in [-0.39, 0.29) is 23.2 Å². The van der Waals surface area contributed by atoms with Crippen LogP contribution in [0.2, 0.25) is 0 Å². The van der Waals surface area contributed by atoms with Gasteiger partial charge in [0.05, 0.1) is 17.0 Å². The van der Waals surface area contributed by atoms with Crippen LogP contribution >= 0.6 is 0 Å². The molecule has 25 heavy (non-hydrogen) atoms. The van der Waals surface area contributed by atoms with Gasteiger partial charge in [0.2, 0.25) is 0 Å². The number of nitrogens with zero attached hydrogens (tertiary/aromatic N) is 2. The lowest BCUT2D eigenvalue weighted by atomic mass is 10.2. The van der Waals surface area contributed by atoms with Gasteiger partial charge in [0.1, 0.15) is 5.69 Å². The highest BCUT2D eigenvalue weighted by Gasteiger charge is 2.33. The van der Waals surface area contributed by atoms with Crippen LogP contribution in [0.25, 0.3) is 10.9 Å². The Morgan fingerprint density at radius 3 is 2.72 bits per heavy atom. The minimum atomic E-state index is -3.08. The molecule has 2 aromatic rings. The number of hydrogen-bond donors (Lipinski definition) is 0. The molecule has 1 saturated heterocycles. The van der Waals surface area contributed by atoms with Crippen LogP contribution in [0.15, 0.2) is 36.4 Å². The topological polar surface area (TPSA) is 93.6 Å². The maximum absolute atomic E-state index is 12.1. The van der Waals surface area contributed by atoms with Crippen LogP contribution in [-0.2, 0) is 19.4 Å². The summed E-state index contributed by atoms with van der Waals surface area (Å²) >= 11 is 0. The molecule has 2 heterocycles. The fourth-order valence-electron chi connectivity index (χ4n) is 2.77. The molecule has 1 aliphatic heterocycles. The van der Waals surface area contributed by atoms with Crippen LogP contribution in [0, 0.1) is 0 Å². The van der Waals surface area contributed by atoms with E-state index in [0.29, 0.717) is 11.9 Å². The zero-order valence-corrected chi connectivity index (χ0v) is 14.5. The summed E-state index contributed by atoms with van der Waals surface area (Å²) in [5, 5.41) is 0.900. The highest BCUT2D eigenvalue weighted by Crippen LogP contribution is 2.17. The number of pyridine rings is 1. The lowest BCUT2D eigenvalue weighted by molar-refractivity contribution is -0.134. The Labute approximate surface area is 145 Å². The minimum absolute atomic E-state index is 0.0462. The van der Waals surface area contributed by atoms with Gasteiger partial charge in [0.25, 0.3) is 5.91 Å². The molecule has 0 radical (unpaired) electrons. The first-order valence-corrected chi connectivity index (χ1v) is 9.67. The number of aromatic nitrogens is 1. The number of carbonyl (C=O) groups is 2. The SMILES string of the molecule is CN(C(=O)COC(=O)c1ccc2ccccc2n1)[C@@H]1CCS(=O)(=O)C1. The number of fused-ring (bicyclic) bond motifs is 1. The Bertz CT molecular complexity index is 926. The number of carbonyl (C=O) groups excluding carboxylic acids is 2. The summed E-state index contributed by atoms with van der Waals surface area (Å²) in [5.41, 5.74) is 0.786. The third-order valence-corrected chi connectivity index (χ3v) is 6.03. The average Bonchev–Trinajstić information content (AvgIpc) is 2.98. The van der Waals surface area contributed by atoms with Crippen LogP contribution in [0.4, 0.5) is 0 Å². The second kappa shape index (κ2) is 6.79. The van der Waals surface area contributed by atoms with Gasteiger partial charge in [0, 0.05) is 18.5 Å². The number of hydrogen-bond acceptors (Lipinski definition) is 6. The van der Waals surface area contributed by atoms with E-state index < -0.39 is 28.3 Å². The second-order valence-corrected chi connectivity index (χ2v) is 8.26. The van der Waals surface area contributed by atoms with Crippen LogP contribution in [0.3, 0.4) is 0 Å². The van der Waals surface area contributed by atoms with E-state index in [1.165, 1.54) is 11.9 Å². The number of ether oxygens (including phenoxy) is 1. The van der Waals surface area contributed by atoms with E-state index >= 15 is 0 Å². The van der Waals surface area contributed by atoms with Gasteiger partial charge in [-0.2, -0.15) is 0 Å². The van der Waals surface area contributed by atoms with E-state index in [2.05, 4.69) is 4.98 Å². The van der Waals surface area contributed by atoms with Crippen molar-refractivity contribution in [3.05, 3.63) is 42.1 Å². The molecule has 7 nitrogen and oxygen atoms in total. The van der Waals surface area contributed by atoms with Crippen molar-refractivity contribution in [3.63, 3.8) is 0 Å². The Morgan fingerprint density at radius 1 is 1.24 bits per heavy atom. The van der Waals surface area contributed by atoms with Crippen molar-refractivity contribution in [1.29, 1.82) is 0 Å². The van der Waals surface area contributed by atoms with Crippen molar-refractivity contribution in [2.45, 2.75) is 12.5 Å². The predicted molar refractivity (Wildman–Crippen MR) is 91.9 cm³/mol. The number of benzene rings is 1. The maximum atomic E-state index is 12.1. The normalized spacial score (nSPS) is 18.8. The third kappa shape index (κ3) is 3.96. The zero-order chi connectivity index (χ0) is 18.0. The Hall–Kier alpha value is -2.48. The number of likely N-dealkylation sites (N-methyl/N-ethyl adjacent to an activating group) is 1. The molecule has 1 aliphatic rings. The molecule has 1 atom stereocenters. The second-order valence-electron chi connectivity index (χ2n) is 6.03. The summed E-state index contributed by atoms with van der Waals surface area (Å²) in [7, 11) is -1.56. The molecule has 0 spiro atoms. The van der Waals surface area contributed by atoms with Crippen molar-refractivity contribution in [2.75, 3.05) is 25.2 Å². The molecule has 0 saturated carbocycles. The summed E-state index contributed by atoms with van der Waals surface area (Å²) < 4.78 is 28.0. The van der Waals surface area contributed by atoms with E-state index in [1.54, 1.807) is 18.2 Å². The van der Waals surface area contributed by atoms with E-state index in [1.807, 2.05) is 18.2 Å². The van der Waals surface area contributed by atoms with Gasteiger partial charge in [-0.1, -0.05) is 24.3 Å². The number of sulfone groups is 1. The molecule has 0 unspecified atom stereocenters. The minimum Gasteiger partial charge on any atom is -0.451 e. The standard InChI is InChI=1S/C17H18N2O5S/c1-19(13-8-9-25(22,23)11-13)16(20)10-24-17(21)15-7-6-12-4-2-3-5-14(12)18-15/h2-7,13H,8-11H2,1H3/t13-/m1/s1. The first-order valence-electron chi connectivity index (χ1n) is 7.85. The van der Waals surface area contributed by atoms with Gasteiger partial charge >= 0.3 is 5.97 Å². The van der Waals surface area contributed by atoms with Crippen molar-refractivity contribution in [3.8, 4) is 0 Å². The van der Waals surface area contributed by atoms with Gasteiger partial charge in [0.15, 0.2) is 16.4 Å². The number of esters is 1. The van der Waals surface area contributed by atoms with Gasteiger partial charge in [-0.3, -0.25) is 4.79 Å². The summed E-state index contributed by atoms with van der Waals surface area (Å²) in [4.78, 5) is 29.8. The zero-order valence-electron chi connectivity index (χ0n) is 13.7. The van der Waals surface area contributed by atoms with Gasteiger partial charge in [-0.15, -0.1) is 0 Å². The predicted octanol–water partition coefficient (Wildman–Crippen LogP) is 1.04. The average molecular weight is 362 g/mol. The molecule has 0 bridgehead atoms. The Morgan fingerprint density at radius 2 is 2.00 bits per heavy atom. The molecular weight excluding hydrogens is 344 g/mol. The fraction of sp³-hybridized carbons (Fsp3) is 0.353. The molecule has 0 aliphatic carbocycles. The molecule has 132 valence electrons. The molecule has 1 aromatic carbocycles. The monoisotopic (exact) mass is 362 g/mol. The van der Waals surface area contributed by atoms with E-state index in [9.17, 15) is 18.0 Å². The molecule has 0 N–H and O–H groups in total. The fourth-order valence-corrected chi connectivity index (χ4v) is 4.54. The lowest BCUT2D eigenvalue weighted by Crippen LogP contribution is -2.40. The maximum Gasteiger partial charge on any atom is 0.357 e. The molecule has 1 amide bonds. The van der Waals surface area contributed by atoms with Crippen LogP contribution in [-0.4, -0.2) is 61.4 Å². The smallest absolute Gasteiger partial charge is 0.357 e. The van der Waals surface area contributed by atoms with Crippen LogP contribution in [0.5, 0.6) is 0 Å². The summed E-state index contributed by atoms with van der Waals surface area (Å²) in [5.74, 6) is -1.09. The first kappa shape index (κ1) is 17.3. The first-order chi connectivity index (χ1) is 11.9. The van der Waals surface area contributed by atoms with Crippen LogP contribution < -0.4 is 0 Å². The quantitative estimate of drug-likeness (QED) is 0.755. The molecule has 1 aromatic heterocycles. The van der Waals surface area contributed by atoms with E-state index in [4.69, 9.17) is 4.74 Å². The highest BCUT2D eigenvalue weighted by atomic mass is 32.2. The summed E-state index contributed by atoms with van der Waals surface area (Å²) in [6, 6.07) is 10.3. The van der Waals surface area contributed by atoms with Crippen molar-refractivity contribution in [2.24, 2.45) is 0 Å². The lowest BCUT2D eigenvalue weighted by Gasteiger charge is -2.23. The third-order valence-electron chi connectivity index (χ3n) is 4.28. The molecule has 1 fully saturated rings. The van der Waals surface area contributed by atoms with Crippen molar-refractivity contribution < 1.29 is 22.7 Å². The number of para-hydroxylation sites is 1. The Balaban J connectivity index is 1.60. The summed E-state index contributed by atoms with van der Waals surface area (Å²) in [6.07, 6.45) is 0.407. The van der Waals surface area contributed by atoms with E-state index in [0.717, 1.165) is 5.39 Å².